The number of benzene rings is 1. The Morgan fingerprint density at radius 1 is 1.18 bits per heavy atom. The van der Waals surface area contributed by atoms with Gasteiger partial charge in [-0.1, -0.05) is 19.1 Å². The molecule has 3 aliphatic rings. The topological polar surface area (TPSA) is 90.9 Å². The molecule has 1 heterocycles. The van der Waals surface area contributed by atoms with Gasteiger partial charge in [-0.15, -0.1) is 0 Å². The molecule has 1 aromatic carbocycles. The fourth-order valence-corrected chi connectivity index (χ4v) is 5.46. The van der Waals surface area contributed by atoms with Crippen molar-refractivity contribution in [1.82, 2.24) is 5.32 Å². The molecular formula is C27H33NO6. The summed E-state index contributed by atoms with van der Waals surface area (Å²) >= 11 is 0. The van der Waals surface area contributed by atoms with Crippen LogP contribution in [0.25, 0.3) is 0 Å². The van der Waals surface area contributed by atoms with Gasteiger partial charge in [0.05, 0.1) is 19.3 Å². The van der Waals surface area contributed by atoms with Gasteiger partial charge in [0, 0.05) is 22.9 Å². The predicted molar refractivity (Wildman–Crippen MR) is 126 cm³/mol. The number of hydrogen-bond acceptors (Lipinski definition) is 7. The third-order valence-corrected chi connectivity index (χ3v) is 7.04. The maximum Gasteiger partial charge on any atom is 0.337 e. The molecule has 0 unspecified atom stereocenters. The van der Waals surface area contributed by atoms with Gasteiger partial charge in [-0.05, 0) is 69.6 Å². The molecule has 182 valence electrons. The number of ether oxygens (including phenoxy) is 3. The standard InChI is InChI=1S/C27H33NO6/c1-5-33-19-12-8-9-17(14-19)23-22(27(31)34-18-10-6-7-11-18)16(3)28-20-13-15(2)21(26(30)32-4)25(29)24(20)23/h8-9,12,14-15,18,21,23,28H,5-7,10-11,13H2,1-4H3/t15-,21+,23-/m1/s1. The van der Waals surface area contributed by atoms with E-state index in [1.807, 2.05) is 45.0 Å². The Morgan fingerprint density at radius 3 is 2.59 bits per heavy atom. The molecule has 1 saturated carbocycles. The average molecular weight is 468 g/mol. The van der Waals surface area contributed by atoms with Crippen LogP contribution in [0.5, 0.6) is 5.75 Å². The third kappa shape index (κ3) is 4.48. The maximum atomic E-state index is 13.8. The van der Waals surface area contributed by atoms with E-state index in [-0.39, 0.29) is 17.8 Å². The zero-order valence-corrected chi connectivity index (χ0v) is 20.3. The van der Waals surface area contributed by atoms with Crippen LogP contribution < -0.4 is 10.1 Å². The Morgan fingerprint density at radius 2 is 1.91 bits per heavy atom. The Balaban J connectivity index is 1.81. The van der Waals surface area contributed by atoms with Crippen LogP contribution in [0.3, 0.4) is 0 Å². The van der Waals surface area contributed by atoms with Crippen LogP contribution in [0.2, 0.25) is 0 Å². The summed E-state index contributed by atoms with van der Waals surface area (Å²) < 4.78 is 16.5. The molecule has 1 N–H and O–H groups in total. The number of rotatable bonds is 6. The minimum Gasteiger partial charge on any atom is -0.494 e. The zero-order chi connectivity index (χ0) is 24.4. The van der Waals surface area contributed by atoms with Crippen molar-refractivity contribution < 1.29 is 28.6 Å². The lowest BCUT2D eigenvalue weighted by atomic mass is 9.69. The molecule has 0 aromatic heterocycles. The van der Waals surface area contributed by atoms with Crippen molar-refractivity contribution in [3.63, 3.8) is 0 Å². The Kier molecular flexibility index (Phi) is 7.10. The van der Waals surface area contributed by atoms with Crippen molar-refractivity contribution in [2.75, 3.05) is 13.7 Å². The van der Waals surface area contributed by atoms with Crippen LogP contribution in [0.1, 0.15) is 64.4 Å². The molecule has 1 aromatic rings. The molecule has 1 fully saturated rings. The van der Waals surface area contributed by atoms with Crippen LogP contribution in [-0.4, -0.2) is 37.5 Å². The minimum absolute atomic E-state index is 0.108. The summed E-state index contributed by atoms with van der Waals surface area (Å²) in [5, 5.41) is 3.31. The number of ketones is 1. The first-order valence-corrected chi connectivity index (χ1v) is 12.1. The number of dihydropyridines is 1. The van der Waals surface area contributed by atoms with E-state index >= 15 is 0 Å². The van der Waals surface area contributed by atoms with E-state index in [4.69, 9.17) is 14.2 Å². The zero-order valence-electron chi connectivity index (χ0n) is 20.3. The first-order valence-electron chi connectivity index (χ1n) is 12.1. The number of allylic oxidation sites excluding steroid dienone is 3. The molecule has 3 atom stereocenters. The number of methoxy groups -OCH3 is 1. The van der Waals surface area contributed by atoms with Crippen LogP contribution in [0.15, 0.2) is 46.8 Å². The van der Waals surface area contributed by atoms with Crippen LogP contribution in [0.4, 0.5) is 0 Å². The summed E-state index contributed by atoms with van der Waals surface area (Å²) in [7, 11) is 1.29. The molecule has 7 nitrogen and oxygen atoms in total. The van der Waals surface area contributed by atoms with Gasteiger partial charge in [-0.2, -0.15) is 0 Å². The molecule has 4 rings (SSSR count). The average Bonchev–Trinajstić information content (AvgIpc) is 3.31. The van der Waals surface area contributed by atoms with Crippen LogP contribution in [0, 0.1) is 11.8 Å². The SMILES string of the molecule is CCOc1cccc([C@@H]2C(C(=O)OC3CCCC3)=C(C)NC3=C2C(=O)[C@@H](C(=O)OC)[C@H](C)C3)c1. The van der Waals surface area contributed by atoms with Gasteiger partial charge >= 0.3 is 11.9 Å². The number of nitrogens with one attached hydrogen (secondary N) is 1. The monoisotopic (exact) mass is 467 g/mol. The summed E-state index contributed by atoms with van der Waals surface area (Å²) in [6.07, 6.45) is 4.19. The quantitative estimate of drug-likeness (QED) is 0.496. The number of hydrogen-bond donors (Lipinski definition) is 1. The lowest BCUT2D eigenvalue weighted by Gasteiger charge is -2.38. The molecule has 7 heteroatoms. The van der Waals surface area contributed by atoms with Crippen molar-refractivity contribution in [2.45, 2.75) is 64.9 Å². The van der Waals surface area contributed by atoms with Crippen molar-refractivity contribution in [2.24, 2.45) is 11.8 Å². The molecule has 0 spiro atoms. The number of carbonyl (C=O) groups is 3. The fourth-order valence-electron chi connectivity index (χ4n) is 5.46. The first kappa shape index (κ1) is 24.0. The highest BCUT2D eigenvalue weighted by Crippen LogP contribution is 2.46. The largest absolute Gasteiger partial charge is 0.494 e. The molecule has 0 radical (unpaired) electrons. The van der Waals surface area contributed by atoms with Crippen molar-refractivity contribution >= 4 is 17.7 Å². The van der Waals surface area contributed by atoms with E-state index in [1.54, 1.807) is 0 Å². The molecular weight excluding hydrogens is 434 g/mol. The minimum atomic E-state index is -0.909. The molecule has 1 aliphatic heterocycles. The van der Waals surface area contributed by atoms with E-state index in [0.29, 0.717) is 35.6 Å². The molecule has 34 heavy (non-hydrogen) atoms. The Hall–Kier alpha value is -3.09. The molecule has 0 bridgehead atoms. The summed E-state index contributed by atoms with van der Waals surface area (Å²) in [4.78, 5) is 39.8. The molecule has 2 aliphatic carbocycles. The van der Waals surface area contributed by atoms with Crippen molar-refractivity contribution in [3.05, 3.63) is 52.4 Å². The van der Waals surface area contributed by atoms with E-state index in [2.05, 4.69) is 5.32 Å². The molecule has 0 amide bonds. The third-order valence-electron chi connectivity index (χ3n) is 7.04. The number of Topliss-reactive ketones (excluding diaryl/α,β-unsaturated/α-hetero) is 1. The van der Waals surface area contributed by atoms with Gasteiger partial charge in [0.25, 0.3) is 0 Å². The van der Waals surface area contributed by atoms with Gasteiger partial charge in [0.15, 0.2) is 5.78 Å². The number of carbonyl (C=O) groups excluding carboxylic acids is 3. The second-order valence-corrected chi connectivity index (χ2v) is 9.35. The summed E-state index contributed by atoms with van der Waals surface area (Å²) in [5.41, 5.74) is 3.02. The van der Waals surface area contributed by atoms with Crippen LogP contribution in [-0.2, 0) is 23.9 Å². The number of esters is 2. The summed E-state index contributed by atoms with van der Waals surface area (Å²) in [6.45, 7) is 6.11. The van der Waals surface area contributed by atoms with Gasteiger partial charge in [0.2, 0.25) is 0 Å². The molecule has 0 saturated heterocycles. The van der Waals surface area contributed by atoms with Crippen molar-refractivity contribution in [1.29, 1.82) is 0 Å². The fraction of sp³-hybridized carbons (Fsp3) is 0.519. The Labute approximate surface area is 200 Å². The second-order valence-electron chi connectivity index (χ2n) is 9.35. The lowest BCUT2D eigenvalue weighted by Crippen LogP contribution is -2.43. The van der Waals surface area contributed by atoms with Gasteiger partial charge in [-0.3, -0.25) is 9.59 Å². The van der Waals surface area contributed by atoms with E-state index in [1.165, 1.54) is 7.11 Å². The van der Waals surface area contributed by atoms with E-state index < -0.39 is 23.8 Å². The van der Waals surface area contributed by atoms with Crippen molar-refractivity contribution in [3.8, 4) is 5.75 Å². The predicted octanol–water partition coefficient (Wildman–Crippen LogP) is 4.18. The van der Waals surface area contributed by atoms with Crippen LogP contribution >= 0.6 is 0 Å². The maximum absolute atomic E-state index is 13.8. The van der Waals surface area contributed by atoms with E-state index in [9.17, 15) is 14.4 Å². The highest BCUT2D eigenvalue weighted by atomic mass is 16.5. The van der Waals surface area contributed by atoms with E-state index in [0.717, 1.165) is 36.9 Å². The van der Waals surface area contributed by atoms with Gasteiger partial charge in [0.1, 0.15) is 17.8 Å². The highest BCUT2D eigenvalue weighted by Gasteiger charge is 2.47. The summed E-state index contributed by atoms with van der Waals surface area (Å²) in [6, 6.07) is 7.44. The van der Waals surface area contributed by atoms with Gasteiger partial charge < -0.3 is 19.5 Å². The van der Waals surface area contributed by atoms with Gasteiger partial charge in [-0.25, -0.2) is 4.79 Å². The highest BCUT2D eigenvalue weighted by molar-refractivity contribution is 6.12. The lowest BCUT2D eigenvalue weighted by molar-refractivity contribution is -0.151. The second kappa shape index (κ2) is 10.0. The Bertz CT molecular complexity index is 1050. The normalized spacial score (nSPS) is 25.1. The summed E-state index contributed by atoms with van der Waals surface area (Å²) in [5.74, 6) is -2.40. The smallest absolute Gasteiger partial charge is 0.337 e. The first-order chi connectivity index (χ1) is 16.3.